The van der Waals surface area contributed by atoms with E-state index in [1.54, 1.807) is 0 Å². The minimum Gasteiger partial charge on any atom is -0.354 e. The Labute approximate surface area is 184 Å². The second-order valence-electron chi connectivity index (χ2n) is 6.70. The molecule has 0 atom stereocenters. The zero-order valence-corrected chi connectivity index (χ0v) is 18.8. The van der Waals surface area contributed by atoms with E-state index in [0.29, 0.717) is 12.6 Å². The molecule has 1 fully saturated rings. The van der Waals surface area contributed by atoms with Gasteiger partial charge in [0.15, 0.2) is 5.96 Å². The summed E-state index contributed by atoms with van der Waals surface area (Å²) in [6, 6.07) is 19.0. The Morgan fingerprint density at radius 1 is 1.07 bits per heavy atom. The first-order valence-corrected chi connectivity index (χ1v) is 9.59. The predicted molar refractivity (Wildman–Crippen MR) is 125 cm³/mol. The number of benzene rings is 2. The molecule has 0 amide bonds. The number of hydrogen-bond acceptors (Lipinski definition) is 2. The van der Waals surface area contributed by atoms with Crippen molar-refractivity contribution in [3.63, 3.8) is 0 Å². The average Bonchev–Trinajstić information content (AvgIpc) is 2.68. The van der Waals surface area contributed by atoms with E-state index in [1.807, 2.05) is 31.3 Å². The van der Waals surface area contributed by atoms with E-state index in [0.717, 1.165) is 49.0 Å². The SMILES string of the molecule is CN=C(NCc1ccccc1Cl)NC1CCN(Cc2ccccc2)CC1.I. The van der Waals surface area contributed by atoms with Gasteiger partial charge >= 0.3 is 0 Å². The van der Waals surface area contributed by atoms with Crippen LogP contribution in [0.3, 0.4) is 0 Å². The second kappa shape index (κ2) is 11.5. The van der Waals surface area contributed by atoms with Crippen LogP contribution in [0.4, 0.5) is 0 Å². The molecular weight excluding hydrogens is 471 g/mol. The van der Waals surface area contributed by atoms with E-state index in [4.69, 9.17) is 11.6 Å². The van der Waals surface area contributed by atoms with Gasteiger partial charge in [-0.25, -0.2) is 0 Å². The lowest BCUT2D eigenvalue weighted by molar-refractivity contribution is 0.198. The first-order valence-electron chi connectivity index (χ1n) is 9.21. The largest absolute Gasteiger partial charge is 0.354 e. The Bertz CT molecular complexity index is 715. The van der Waals surface area contributed by atoms with Gasteiger partial charge in [0.1, 0.15) is 0 Å². The van der Waals surface area contributed by atoms with Crippen LogP contribution in [0.5, 0.6) is 0 Å². The Kier molecular flexibility index (Phi) is 9.38. The van der Waals surface area contributed by atoms with Crippen LogP contribution in [0, 0.1) is 0 Å². The molecule has 146 valence electrons. The monoisotopic (exact) mass is 498 g/mol. The van der Waals surface area contributed by atoms with Crippen molar-refractivity contribution in [1.29, 1.82) is 0 Å². The number of likely N-dealkylation sites (tertiary alicyclic amines) is 1. The molecule has 1 aliphatic rings. The van der Waals surface area contributed by atoms with Gasteiger partial charge < -0.3 is 10.6 Å². The topological polar surface area (TPSA) is 39.7 Å². The number of halogens is 2. The number of aliphatic imine (C=N–C) groups is 1. The third-order valence-corrected chi connectivity index (χ3v) is 5.17. The maximum Gasteiger partial charge on any atom is 0.191 e. The van der Waals surface area contributed by atoms with Gasteiger partial charge in [-0.05, 0) is 30.0 Å². The standard InChI is InChI=1S/C21H27ClN4.HI/c1-23-21(24-15-18-9-5-6-10-20(18)22)25-19-11-13-26(14-12-19)16-17-7-3-2-4-8-17;/h2-10,19H,11-16H2,1H3,(H2,23,24,25);1H. The summed E-state index contributed by atoms with van der Waals surface area (Å²) in [4.78, 5) is 6.87. The highest BCUT2D eigenvalue weighted by atomic mass is 127. The van der Waals surface area contributed by atoms with E-state index < -0.39 is 0 Å². The number of nitrogens with zero attached hydrogens (tertiary/aromatic N) is 2. The molecule has 0 saturated carbocycles. The lowest BCUT2D eigenvalue weighted by Crippen LogP contribution is -2.48. The molecule has 4 nitrogen and oxygen atoms in total. The summed E-state index contributed by atoms with van der Waals surface area (Å²) in [5, 5.41) is 7.70. The fraction of sp³-hybridized carbons (Fsp3) is 0.381. The first-order chi connectivity index (χ1) is 12.7. The third kappa shape index (κ3) is 6.97. The molecule has 1 aliphatic heterocycles. The number of nitrogens with one attached hydrogen (secondary N) is 2. The van der Waals surface area contributed by atoms with E-state index in [2.05, 4.69) is 50.9 Å². The van der Waals surface area contributed by atoms with Gasteiger partial charge in [-0.15, -0.1) is 24.0 Å². The fourth-order valence-electron chi connectivity index (χ4n) is 3.29. The van der Waals surface area contributed by atoms with Crippen LogP contribution in [0.1, 0.15) is 24.0 Å². The summed E-state index contributed by atoms with van der Waals surface area (Å²) < 4.78 is 0. The Morgan fingerprint density at radius 2 is 1.74 bits per heavy atom. The molecule has 2 aromatic rings. The highest BCUT2D eigenvalue weighted by Crippen LogP contribution is 2.15. The molecule has 3 rings (SSSR count). The molecule has 2 aromatic carbocycles. The van der Waals surface area contributed by atoms with Crippen molar-refractivity contribution in [2.75, 3.05) is 20.1 Å². The molecule has 2 N–H and O–H groups in total. The van der Waals surface area contributed by atoms with Crippen molar-refractivity contribution < 1.29 is 0 Å². The lowest BCUT2D eigenvalue weighted by Gasteiger charge is -2.33. The minimum absolute atomic E-state index is 0. The molecule has 0 radical (unpaired) electrons. The van der Waals surface area contributed by atoms with E-state index in [1.165, 1.54) is 5.56 Å². The van der Waals surface area contributed by atoms with Gasteiger partial charge in [0.2, 0.25) is 0 Å². The van der Waals surface area contributed by atoms with Crippen LogP contribution in [-0.4, -0.2) is 37.0 Å². The average molecular weight is 499 g/mol. The van der Waals surface area contributed by atoms with Gasteiger partial charge in [-0.2, -0.15) is 0 Å². The van der Waals surface area contributed by atoms with Crippen molar-refractivity contribution in [3.05, 3.63) is 70.7 Å². The number of rotatable bonds is 5. The summed E-state index contributed by atoms with van der Waals surface area (Å²) in [6.45, 7) is 3.92. The Balaban J connectivity index is 0.00000261. The normalized spacial score (nSPS) is 15.9. The van der Waals surface area contributed by atoms with Crippen molar-refractivity contribution >= 4 is 41.5 Å². The summed E-state index contributed by atoms with van der Waals surface area (Å²) in [5.74, 6) is 0.839. The maximum absolute atomic E-state index is 6.22. The van der Waals surface area contributed by atoms with Gasteiger partial charge in [-0.3, -0.25) is 9.89 Å². The highest BCUT2D eigenvalue weighted by Gasteiger charge is 2.20. The lowest BCUT2D eigenvalue weighted by atomic mass is 10.0. The molecule has 0 spiro atoms. The summed E-state index contributed by atoms with van der Waals surface area (Å²) in [7, 11) is 1.81. The summed E-state index contributed by atoms with van der Waals surface area (Å²) >= 11 is 6.22. The number of guanidine groups is 1. The van der Waals surface area contributed by atoms with Gasteiger partial charge in [0, 0.05) is 44.3 Å². The van der Waals surface area contributed by atoms with Crippen molar-refractivity contribution in [1.82, 2.24) is 15.5 Å². The molecule has 1 heterocycles. The van der Waals surface area contributed by atoms with Gasteiger partial charge in [-0.1, -0.05) is 60.1 Å². The van der Waals surface area contributed by atoms with Crippen molar-refractivity contribution in [3.8, 4) is 0 Å². The van der Waals surface area contributed by atoms with Crippen LogP contribution < -0.4 is 10.6 Å². The second-order valence-corrected chi connectivity index (χ2v) is 7.10. The van der Waals surface area contributed by atoms with Gasteiger partial charge in [0.25, 0.3) is 0 Å². The van der Waals surface area contributed by atoms with Crippen LogP contribution >= 0.6 is 35.6 Å². The van der Waals surface area contributed by atoms with Crippen LogP contribution in [-0.2, 0) is 13.1 Å². The maximum atomic E-state index is 6.22. The van der Waals surface area contributed by atoms with Crippen LogP contribution in [0.15, 0.2) is 59.6 Å². The zero-order chi connectivity index (χ0) is 18.2. The molecule has 0 aromatic heterocycles. The third-order valence-electron chi connectivity index (χ3n) is 4.81. The molecular formula is C21H28ClIN4. The first kappa shape index (κ1) is 22.0. The molecule has 0 aliphatic carbocycles. The quantitative estimate of drug-likeness (QED) is 0.367. The molecule has 0 bridgehead atoms. The highest BCUT2D eigenvalue weighted by molar-refractivity contribution is 14.0. The van der Waals surface area contributed by atoms with Gasteiger partial charge in [0.05, 0.1) is 0 Å². The smallest absolute Gasteiger partial charge is 0.191 e. The fourth-order valence-corrected chi connectivity index (χ4v) is 3.49. The Morgan fingerprint density at radius 3 is 2.41 bits per heavy atom. The number of piperidine rings is 1. The molecule has 27 heavy (non-hydrogen) atoms. The zero-order valence-electron chi connectivity index (χ0n) is 15.7. The number of hydrogen-bond donors (Lipinski definition) is 2. The molecule has 1 saturated heterocycles. The minimum atomic E-state index is 0. The van der Waals surface area contributed by atoms with Crippen molar-refractivity contribution in [2.45, 2.75) is 32.0 Å². The van der Waals surface area contributed by atoms with E-state index >= 15 is 0 Å². The predicted octanol–water partition coefficient (Wildman–Crippen LogP) is 4.29. The van der Waals surface area contributed by atoms with Crippen molar-refractivity contribution in [2.24, 2.45) is 4.99 Å². The molecule has 0 unspecified atom stereocenters. The van der Waals surface area contributed by atoms with E-state index in [9.17, 15) is 0 Å². The van der Waals surface area contributed by atoms with E-state index in [-0.39, 0.29) is 24.0 Å². The molecule has 6 heteroatoms. The van der Waals surface area contributed by atoms with Crippen LogP contribution in [0.2, 0.25) is 5.02 Å². The summed E-state index contributed by atoms with van der Waals surface area (Å²) in [5.41, 5.74) is 2.46. The van der Waals surface area contributed by atoms with Crippen LogP contribution in [0.25, 0.3) is 0 Å². The Hall–Kier alpha value is -1.31. The summed E-state index contributed by atoms with van der Waals surface area (Å²) in [6.07, 6.45) is 2.25.